The molecule has 4 heteroatoms. The molecular formula is C27H37N3O. The maximum Gasteiger partial charge on any atom is 0.251 e. The molecule has 31 heavy (non-hydrogen) atoms. The summed E-state index contributed by atoms with van der Waals surface area (Å²) < 4.78 is 0. The first kappa shape index (κ1) is 22.0. The van der Waals surface area contributed by atoms with Crippen LogP contribution in [-0.2, 0) is 19.6 Å². The Hall–Kier alpha value is -2.17. The summed E-state index contributed by atoms with van der Waals surface area (Å²) >= 11 is 0. The number of hydrogen-bond donors (Lipinski definition) is 1. The molecule has 1 amide bonds. The van der Waals surface area contributed by atoms with E-state index in [2.05, 4.69) is 58.4 Å². The number of nitrogens with zero attached hydrogens (tertiary/aromatic N) is 2. The number of amides is 1. The van der Waals surface area contributed by atoms with Crippen LogP contribution >= 0.6 is 0 Å². The summed E-state index contributed by atoms with van der Waals surface area (Å²) in [5.74, 6) is 0.794. The average molecular weight is 420 g/mol. The molecule has 2 heterocycles. The Bertz CT molecular complexity index is 842. The van der Waals surface area contributed by atoms with Crippen LogP contribution in [0.25, 0.3) is 0 Å². The van der Waals surface area contributed by atoms with Gasteiger partial charge in [0.15, 0.2) is 0 Å². The van der Waals surface area contributed by atoms with Gasteiger partial charge in [0.25, 0.3) is 5.91 Å². The molecule has 0 radical (unpaired) electrons. The quantitative estimate of drug-likeness (QED) is 0.698. The maximum atomic E-state index is 12.7. The summed E-state index contributed by atoms with van der Waals surface area (Å²) in [7, 11) is 0. The third kappa shape index (κ3) is 6.41. The summed E-state index contributed by atoms with van der Waals surface area (Å²) in [6.07, 6.45) is 6.58. The number of likely N-dealkylation sites (tertiary alicyclic amines) is 2. The molecule has 2 fully saturated rings. The fourth-order valence-corrected chi connectivity index (χ4v) is 4.97. The van der Waals surface area contributed by atoms with Gasteiger partial charge in [-0.2, -0.15) is 0 Å². The topological polar surface area (TPSA) is 35.6 Å². The van der Waals surface area contributed by atoms with Gasteiger partial charge in [0.2, 0.25) is 0 Å². The zero-order chi connectivity index (χ0) is 21.5. The Morgan fingerprint density at radius 1 is 0.871 bits per heavy atom. The van der Waals surface area contributed by atoms with Crippen LogP contribution in [0.5, 0.6) is 0 Å². The van der Waals surface area contributed by atoms with Gasteiger partial charge in [0.05, 0.1) is 0 Å². The molecule has 0 spiro atoms. The van der Waals surface area contributed by atoms with Crippen LogP contribution < -0.4 is 5.32 Å². The molecule has 166 valence electrons. The van der Waals surface area contributed by atoms with E-state index in [0.717, 1.165) is 24.6 Å². The highest BCUT2D eigenvalue weighted by Crippen LogP contribution is 2.19. The van der Waals surface area contributed by atoms with E-state index in [0.29, 0.717) is 6.54 Å². The fraction of sp³-hybridized carbons (Fsp3) is 0.519. The lowest BCUT2D eigenvalue weighted by atomic mass is 9.99. The van der Waals surface area contributed by atoms with E-state index in [1.807, 2.05) is 12.1 Å². The molecule has 2 aliphatic heterocycles. The van der Waals surface area contributed by atoms with Crippen molar-refractivity contribution in [1.29, 1.82) is 0 Å². The van der Waals surface area contributed by atoms with Crippen molar-refractivity contribution >= 4 is 5.91 Å². The van der Waals surface area contributed by atoms with E-state index in [1.54, 1.807) is 0 Å². The molecule has 2 aliphatic rings. The Kier molecular flexibility index (Phi) is 7.76. The van der Waals surface area contributed by atoms with Crippen molar-refractivity contribution in [3.8, 4) is 0 Å². The normalized spacial score (nSPS) is 20.5. The van der Waals surface area contributed by atoms with Crippen molar-refractivity contribution in [3.05, 3.63) is 70.8 Å². The zero-order valence-electron chi connectivity index (χ0n) is 19.0. The standard InChI is InChI=1S/C27H37N3O/c1-22-8-7-17-30(19-22)20-23-11-13-24(14-12-23)27(31)28-18-25-9-3-4-10-26(25)21-29-15-5-2-6-16-29/h3-4,9-14,22H,2,5-8,15-21H2,1H3,(H,28,31)/t22-/m1/s1. The zero-order valence-corrected chi connectivity index (χ0v) is 19.0. The number of hydrogen-bond acceptors (Lipinski definition) is 3. The molecule has 1 N–H and O–H groups in total. The number of rotatable bonds is 7. The molecule has 2 aromatic rings. The van der Waals surface area contributed by atoms with Gasteiger partial charge in [-0.05, 0) is 80.1 Å². The number of nitrogens with one attached hydrogen (secondary N) is 1. The first-order valence-electron chi connectivity index (χ1n) is 12.1. The number of piperidine rings is 2. The van der Waals surface area contributed by atoms with Crippen molar-refractivity contribution in [3.63, 3.8) is 0 Å². The molecule has 2 saturated heterocycles. The molecule has 2 aromatic carbocycles. The van der Waals surface area contributed by atoms with Crippen molar-refractivity contribution in [2.45, 2.75) is 58.7 Å². The van der Waals surface area contributed by atoms with Crippen LogP contribution in [0.1, 0.15) is 66.1 Å². The first-order chi connectivity index (χ1) is 15.2. The molecular weight excluding hydrogens is 382 g/mol. The third-order valence-electron chi connectivity index (χ3n) is 6.76. The van der Waals surface area contributed by atoms with Crippen LogP contribution in [0.3, 0.4) is 0 Å². The molecule has 4 nitrogen and oxygen atoms in total. The molecule has 0 aromatic heterocycles. The molecule has 0 aliphatic carbocycles. The summed E-state index contributed by atoms with van der Waals surface area (Å²) in [5.41, 5.74) is 4.58. The van der Waals surface area contributed by atoms with E-state index >= 15 is 0 Å². The predicted molar refractivity (Wildman–Crippen MR) is 127 cm³/mol. The lowest BCUT2D eigenvalue weighted by molar-refractivity contribution is 0.0950. The van der Waals surface area contributed by atoms with Crippen LogP contribution in [0.4, 0.5) is 0 Å². The van der Waals surface area contributed by atoms with E-state index in [1.165, 1.54) is 75.0 Å². The lowest BCUT2D eigenvalue weighted by Gasteiger charge is -2.30. The number of carbonyl (C=O) groups excluding carboxylic acids is 1. The van der Waals surface area contributed by atoms with Crippen molar-refractivity contribution < 1.29 is 4.79 Å². The summed E-state index contributed by atoms with van der Waals surface area (Å²) in [5, 5.41) is 3.13. The van der Waals surface area contributed by atoms with Crippen molar-refractivity contribution in [1.82, 2.24) is 15.1 Å². The third-order valence-corrected chi connectivity index (χ3v) is 6.76. The first-order valence-corrected chi connectivity index (χ1v) is 12.1. The smallest absolute Gasteiger partial charge is 0.251 e. The summed E-state index contributed by atoms with van der Waals surface area (Å²) in [6.45, 7) is 9.61. The second-order valence-electron chi connectivity index (χ2n) is 9.47. The van der Waals surface area contributed by atoms with Gasteiger partial charge in [0.1, 0.15) is 0 Å². The minimum Gasteiger partial charge on any atom is -0.348 e. The van der Waals surface area contributed by atoms with Gasteiger partial charge in [-0.15, -0.1) is 0 Å². The minimum absolute atomic E-state index is 0.00548. The van der Waals surface area contributed by atoms with Crippen LogP contribution in [0, 0.1) is 5.92 Å². The Labute approximate surface area is 187 Å². The Morgan fingerprint density at radius 3 is 2.32 bits per heavy atom. The summed E-state index contributed by atoms with van der Waals surface area (Å²) in [4.78, 5) is 17.8. The van der Waals surface area contributed by atoms with Crippen molar-refractivity contribution in [2.24, 2.45) is 5.92 Å². The van der Waals surface area contributed by atoms with E-state index in [4.69, 9.17) is 0 Å². The fourth-order valence-electron chi connectivity index (χ4n) is 4.97. The number of benzene rings is 2. The van der Waals surface area contributed by atoms with Crippen LogP contribution in [0.15, 0.2) is 48.5 Å². The van der Waals surface area contributed by atoms with Gasteiger partial charge in [-0.3, -0.25) is 14.6 Å². The largest absolute Gasteiger partial charge is 0.348 e. The SMILES string of the molecule is C[C@@H]1CCCN(Cc2ccc(C(=O)NCc3ccccc3CN3CCCCC3)cc2)C1. The molecule has 0 saturated carbocycles. The van der Waals surface area contributed by atoms with Gasteiger partial charge in [-0.1, -0.05) is 49.7 Å². The monoisotopic (exact) mass is 419 g/mol. The highest BCUT2D eigenvalue weighted by atomic mass is 16.1. The van der Waals surface area contributed by atoms with Crippen LogP contribution in [0.2, 0.25) is 0 Å². The van der Waals surface area contributed by atoms with Gasteiger partial charge in [0, 0.05) is 31.7 Å². The molecule has 0 bridgehead atoms. The Balaban J connectivity index is 1.30. The Morgan fingerprint density at radius 2 is 1.58 bits per heavy atom. The number of carbonyl (C=O) groups is 1. The van der Waals surface area contributed by atoms with E-state index in [-0.39, 0.29) is 5.91 Å². The van der Waals surface area contributed by atoms with Gasteiger partial charge in [-0.25, -0.2) is 0 Å². The highest BCUT2D eigenvalue weighted by molar-refractivity contribution is 5.94. The minimum atomic E-state index is 0.00548. The maximum absolute atomic E-state index is 12.7. The van der Waals surface area contributed by atoms with Gasteiger partial charge >= 0.3 is 0 Å². The summed E-state index contributed by atoms with van der Waals surface area (Å²) in [6, 6.07) is 16.7. The van der Waals surface area contributed by atoms with E-state index in [9.17, 15) is 4.79 Å². The predicted octanol–water partition coefficient (Wildman–Crippen LogP) is 4.83. The van der Waals surface area contributed by atoms with Crippen LogP contribution in [-0.4, -0.2) is 41.9 Å². The molecule has 1 atom stereocenters. The molecule has 4 rings (SSSR count). The highest BCUT2D eigenvalue weighted by Gasteiger charge is 2.17. The molecule has 0 unspecified atom stereocenters. The lowest BCUT2D eigenvalue weighted by Crippen LogP contribution is -2.33. The van der Waals surface area contributed by atoms with E-state index < -0.39 is 0 Å². The van der Waals surface area contributed by atoms with Crippen molar-refractivity contribution in [2.75, 3.05) is 26.2 Å². The second kappa shape index (κ2) is 10.9. The second-order valence-corrected chi connectivity index (χ2v) is 9.47. The van der Waals surface area contributed by atoms with Gasteiger partial charge < -0.3 is 5.32 Å². The average Bonchev–Trinajstić information content (AvgIpc) is 2.79.